The molecule has 2 nitrogen and oxygen atoms in total. The van der Waals surface area contributed by atoms with Crippen molar-refractivity contribution in [3.8, 4) is 44.5 Å². The molecule has 0 unspecified atom stereocenters. The van der Waals surface area contributed by atoms with Gasteiger partial charge in [-0.15, -0.1) is 0 Å². The molecule has 2 aliphatic rings. The number of hydrogen-bond acceptors (Lipinski definition) is 2. The van der Waals surface area contributed by atoms with Crippen molar-refractivity contribution in [2.75, 3.05) is 4.90 Å². The van der Waals surface area contributed by atoms with Gasteiger partial charge in [-0.25, -0.2) is 0 Å². The molecule has 9 aromatic carbocycles. The number of benzene rings is 9. The average Bonchev–Trinajstić information content (AvgIpc) is 3.84. The van der Waals surface area contributed by atoms with E-state index < -0.39 is 0 Å². The van der Waals surface area contributed by atoms with Gasteiger partial charge in [-0.2, -0.15) is 0 Å². The fraction of sp³-hybridized carbons (Fsp3) is 0.148. The maximum absolute atomic E-state index is 6.59. The van der Waals surface area contributed by atoms with E-state index in [1.165, 1.54) is 92.9 Å². The minimum absolute atomic E-state index is 0.0570. The lowest BCUT2D eigenvalue weighted by Gasteiger charge is -2.29. The Morgan fingerprint density at radius 3 is 2.00 bits per heavy atom. The van der Waals surface area contributed by atoms with Crippen LogP contribution in [0, 0.1) is 0 Å². The van der Waals surface area contributed by atoms with Gasteiger partial charge in [0.2, 0.25) is 0 Å². The van der Waals surface area contributed by atoms with E-state index in [1.807, 2.05) is 6.07 Å². The monoisotopic (exact) mass is 811 g/mol. The van der Waals surface area contributed by atoms with Gasteiger partial charge >= 0.3 is 0 Å². The molecular formula is C61H49NO. The highest BCUT2D eigenvalue weighted by molar-refractivity contribution is 6.10. The Bertz CT molecular complexity index is 3360. The molecule has 0 N–H and O–H groups in total. The molecule has 10 aromatic rings. The molecule has 0 amide bonds. The van der Waals surface area contributed by atoms with E-state index in [0.717, 1.165) is 50.1 Å². The highest BCUT2D eigenvalue weighted by Gasteiger charge is 2.36. The van der Waals surface area contributed by atoms with E-state index in [1.54, 1.807) is 0 Å². The predicted octanol–water partition coefficient (Wildman–Crippen LogP) is 17.6. The maximum Gasteiger partial charge on any atom is 0.143 e. The van der Waals surface area contributed by atoms with Crippen LogP contribution in [0.3, 0.4) is 0 Å². The molecule has 12 rings (SSSR count). The van der Waals surface area contributed by atoms with Crippen molar-refractivity contribution in [1.82, 2.24) is 0 Å². The van der Waals surface area contributed by atoms with Gasteiger partial charge in [-0.1, -0.05) is 191 Å². The van der Waals surface area contributed by atoms with Crippen LogP contribution < -0.4 is 4.90 Å². The molecule has 1 aromatic heterocycles. The van der Waals surface area contributed by atoms with Crippen LogP contribution >= 0.6 is 0 Å². The van der Waals surface area contributed by atoms with Gasteiger partial charge in [0.05, 0.1) is 5.69 Å². The van der Waals surface area contributed by atoms with Crippen LogP contribution in [0.25, 0.3) is 77.2 Å². The molecule has 0 radical (unpaired) electrons. The first-order valence-corrected chi connectivity index (χ1v) is 22.8. The zero-order valence-corrected chi connectivity index (χ0v) is 35.9. The maximum atomic E-state index is 6.59. The molecule has 304 valence electrons. The second-order valence-electron chi connectivity index (χ2n) is 18.2. The summed E-state index contributed by atoms with van der Waals surface area (Å²) in [6, 6.07) is 71.9. The first-order valence-electron chi connectivity index (χ1n) is 22.8. The van der Waals surface area contributed by atoms with Gasteiger partial charge < -0.3 is 9.32 Å². The van der Waals surface area contributed by atoms with E-state index >= 15 is 0 Å². The van der Waals surface area contributed by atoms with E-state index in [9.17, 15) is 0 Å². The van der Waals surface area contributed by atoms with Crippen LogP contribution in [0.1, 0.15) is 68.6 Å². The molecule has 0 atom stereocenters. The molecule has 1 heterocycles. The van der Waals surface area contributed by atoms with Crippen molar-refractivity contribution < 1.29 is 4.42 Å². The summed E-state index contributed by atoms with van der Waals surface area (Å²) in [5.41, 5.74) is 19.3. The Labute approximate surface area is 370 Å². The van der Waals surface area contributed by atoms with Crippen LogP contribution in [0.15, 0.2) is 199 Å². The highest BCUT2D eigenvalue weighted by Crippen LogP contribution is 2.53. The molecule has 0 spiro atoms. The quantitative estimate of drug-likeness (QED) is 0.159. The zero-order valence-electron chi connectivity index (χ0n) is 35.9. The summed E-state index contributed by atoms with van der Waals surface area (Å²) in [5.74, 6) is 0.578. The molecule has 1 saturated carbocycles. The Balaban J connectivity index is 1.05. The number of hydrogen-bond donors (Lipinski definition) is 0. The van der Waals surface area contributed by atoms with Crippen LogP contribution in [-0.4, -0.2) is 0 Å². The third-order valence-electron chi connectivity index (χ3n) is 14.3. The van der Waals surface area contributed by atoms with Crippen molar-refractivity contribution in [2.45, 2.75) is 57.3 Å². The fourth-order valence-corrected chi connectivity index (χ4v) is 11.2. The predicted molar refractivity (Wildman–Crippen MR) is 266 cm³/mol. The van der Waals surface area contributed by atoms with Crippen LogP contribution in [-0.2, 0) is 5.41 Å². The van der Waals surface area contributed by atoms with Gasteiger partial charge in [-0.3, -0.25) is 0 Å². The number of anilines is 3. The van der Waals surface area contributed by atoms with Crippen molar-refractivity contribution >= 4 is 49.8 Å². The SMILES string of the molecule is CC1(C)c2ccccc2-c2c(-c3ccc(N(c4cccc(-c5cccc6c5oc5ccccc56)c4)c4ccccc4-c4cccc5cccc(C6CCCCC6)c45)cc3)cccc21. The fourth-order valence-electron chi connectivity index (χ4n) is 11.2. The van der Waals surface area contributed by atoms with Gasteiger partial charge in [0.1, 0.15) is 11.2 Å². The highest BCUT2D eigenvalue weighted by atomic mass is 16.3. The lowest BCUT2D eigenvalue weighted by Crippen LogP contribution is -2.14. The third kappa shape index (κ3) is 6.15. The van der Waals surface area contributed by atoms with E-state index in [2.05, 4.69) is 207 Å². The Morgan fingerprint density at radius 2 is 1.13 bits per heavy atom. The van der Waals surface area contributed by atoms with Crippen LogP contribution in [0.5, 0.6) is 0 Å². The summed E-state index contributed by atoms with van der Waals surface area (Å²) in [6.45, 7) is 4.72. The number of rotatable bonds is 7. The Morgan fingerprint density at radius 1 is 0.476 bits per heavy atom. The standard InChI is InChI=1S/C61H49NO/c1-61(2)54-31-9-6-25-53(54)59-47(27-16-32-55(59)61)41-35-37-44(38-36-41)62(45-22-12-21-43(39-45)48-28-15-30-52-50-24-8-11-34-57(50)63-60(48)52)56-33-10-7-23-49(56)51-29-14-20-42-19-13-26-46(58(42)51)40-17-4-3-5-18-40/h6-16,19-40H,3-5,17-18H2,1-2H3. The number of fused-ring (bicyclic) bond motifs is 7. The molecule has 2 aliphatic carbocycles. The molecule has 0 saturated heterocycles. The Kier molecular flexibility index (Phi) is 8.97. The minimum atomic E-state index is -0.0570. The molecule has 0 bridgehead atoms. The summed E-state index contributed by atoms with van der Waals surface area (Å²) in [6.07, 6.45) is 6.46. The van der Waals surface area contributed by atoms with Crippen molar-refractivity contribution in [3.63, 3.8) is 0 Å². The zero-order chi connectivity index (χ0) is 42.1. The van der Waals surface area contributed by atoms with E-state index in [0.29, 0.717) is 5.92 Å². The van der Waals surface area contributed by atoms with Gasteiger partial charge in [0.15, 0.2) is 0 Å². The van der Waals surface area contributed by atoms with E-state index in [-0.39, 0.29) is 5.41 Å². The molecular weight excluding hydrogens is 763 g/mol. The normalized spacial score (nSPS) is 14.6. The average molecular weight is 812 g/mol. The van der Waals surface area contributed by atoms with Crippen LogP contribution in [0.2, 0.25) is 0 Å². The van der Waals surface area contributed by atoms with Gasteiger partial charge in [-0.05, 0) is 116 Å². The third-order valence-corrected chi connectivity index (χ3v) is 14.3. The molecule has 2 heteroatoms. The van der Waals surface area contributed by atoms with E-state index in [4.69, 9.17) is 4.42 Å². The summed E-state index contributed by atoms with van der Waals surface area (Å²) < 4.78 is 6.59. The van der Waals surface area contributed by atoms with Gasteiger partial charge in [0, 0.05) is 38.7 Å². The van der Waals surface area contributed by atoms with Crippen molar-refractivity contribution in [1.29, 1.82) is 0 Å². The largest absolute Gasteiger partial charge is 0.455 e. The topological polar surface area (TPSA) is 16.4 Å². The number of furan rings is 1. The first-order chi connectivity index (χ1) is 31.0. The Hall–Kier alpha value is -7.16. The lowest BCUT2D eigenvalue weighted by molar-refractivity contribution is 0.445. The second kappa shape index (κ2) is 15.0. The number of nitrogens with zero attached hydrogens (tertiary/aromatic N) is 1. The summed E-state index contributed by atoms with van der Waals surface area (Å²) in [5, 5.41) is 4.97. The molecule has 63 heavy (non-hydrogen) atoms. The number of para-hydroxylation sites is 3. The van der Waals surface area contributed by atoms with Crippen LogP contribution in [0.4, 0.5) is 17.1 Å². The summed E-state index contributed by atoms with van der Waals surface area (Å²) in [4.78, 5) is 2.47. The van der Waals surface area contributed by atoms with Gasteiger partial charge in [0.25, 0.3) is 0 Å². The minimum Gasteiger partial charge on any atom is -0.455 e. The van der Waals surface area contributed by atoms with Crippen molar-refractivity contribution in [3.05, 3.63) is 211 Å². The van der Waals surface area contributed by atoms with Crippen molar-refractivity contribution in [2.24, 2.45) is 0 Å². The first kappa shape index (κ1) is 37.6. The molecule has 1 fully saturated rings. The summed E-state index contributed by atoms with van der Waals surface area (Å²) >= 11 is 0. The smallest absolute Gasteiger partial charge is 0.143 e. The second-order valence-corrected chi connectivity index (χ2v) is 18.2. The lowest BCUT2D eigenvalue weighted by atomic mass is 9.80. The summed E-state index contributed by atoms with van der Waals surface area (Å²) in [7, 11) is 0. The molecule has 0 aliphatic heterocycles.